The van der Waals surface area contributed by atoms with Crippen LogP contribution in [0.3, 0.4) is 0 Å². The molecule has 0 bridgehead atoms. The van der Waals surface area contributed by atoms with Crippen molar-refractivity contribution in [2.75, 3.05) is 5.32 Å². The minimum Gasteiger partial charge on any atom is -0.326 e. The van der Waals surface area contributed by atoms with Crippen molar-refractivity contribution in [3.63, 3.8) is 0 Å². The highest BCUT2D eigenvalue weighted by molar-refractivity contribution is 8.15. The molecular formula is C19H18N2O3S. The second-order valence-corrected chi connectivity index (χ2v) is 7.00. The lowest BCUT2D eigenvalue weighted by molar-refractivity contribution is -0.129. The van der Waals surface area contributed by atoms with Crippen molar-refractivity contribution in [1.29, 1.82) is 0 Å². The molecule has 5 nitrogen and oxygen atoms in total. The first kappa shape index (κ1) is 17.2. The maximum atomic E-state index is 12.5. The van der Waals surface area contributed by atoms with Crippen LogP contribution in [0.1, 0.15) is 17.5 Å². The lowest BCUT2D eigenvalue weighted by Gasteiger charge is -2.14. The normalized spacial score (nSPS) is 17.0. The summed E-state index contributed by atoms with van der Waals surface area (Å²) in [4.78, 5) is 38.1. The Bertz CT molecular complexity index is 807. The van der Waals surface area contributed by atoms with Crippen LogP contribution in [0.15, 0.2) is 54.6 Å². The highest BCUT2D eigenvalue weighted by Crippen LogP contribution is 2.31. The molecular weight excluding hydrogens is 336 g/mol. The number of hydrogen-bond donors (Lipinski definition) is 1. The van der Waals surface area contributed by atoms with Gasteiger partial charge < -0.3 is 5.32 Å². The molecule has 1 heterocycles. The first-order valence-electron chi connectivity index (χ1n) is 7.96. The van der Waals surface area contributed by atoms with Crippen molar-refractivity contribution in [2.24, 2.45) is 0 Å². The molecule has 1 aliphatic rings. The van der Waals surface area contributed by atoms with Crippen molar-refractivity contribution >= 4 is 34.5 Å². The summed E-state index contributed by atoms with van der Waals surface area (Å²) in [7, 11) is 0. The van der Waals surface area contributed by atoms with Gasteiger partial charge in [-0.2, -0.15) is 0 Å². The largest absolute Gasteiger partial charge is 0.326 e. The molecule has 1 N–H and O–H groups in total. The Balaban J connectivity index is 1.62. The Labute approximate surface area is 150 Å². The number of benzene rings is 2. The lowest BCUT2D eigenvalue weighted by atomic mass is 10.2. The number of rotatable bonds is 5. The van der Waals surface area contributed by atoms with Crippen LogP contribution in [0, 0.1) is 6.92 Å². The fourth-order valence-electron chi connectivity index (χ4n) is 2.62. The van der Waals surface area contributed by atoms with Crippen LogP contribution < -0.4 is 5.32 Å². The van der Waals surface area contributed by atoms with Gasteiger partial charge in [-0.25, -0.2) is 0 Å². The first-order valence-corrected chi connectivity index (χ1v) is 8.84. The van der Waals surface area contributed by atoms with Crippen molar-refractivity contribution in [3.05, 3.63) is 65.7 Å². The molecule has 1 aliphatic heterocycles. The molecule has 3 amide bonds. The number of aryl methyl sites for hydroxylation is 1. The Morgan fingerprint density at radius 3 is 2.48 bits per heavy atom. The van der Waals surface area contributed by atoms with Crippen LogP contribution in [0.4, 0.5) is 10.5 Å². The van der Waals surface area contributed by atoms with Crippen molar-refractivity contribution < 1.29 is 14.4 Å². The summed E-state index contributed by atoms with van der Waals surface area (Å²) in [6.45, 7) is 2.14. The fraction of sp³-hybridized carbons (Fsp3) is 0.211. The van der Waals surface area contributed by atoms with E-state index in [9.17, 15) is 14.4 Å². The van der Waals surface area contributed by atoms with Crippen LogP contribution in [-0.4, -0.2) is 27.2 Å². The second-order valence-electron chi connectivity index (χ2n) is 5.85. The minimum absolute atomic E-state index is 0.0190. The van der Waals surface area contributed by atoms with E-state index in [4.69, 9.17) is 0 Å². The number of carbonyl (C=O) groups excluding carboxylic acids is 3. The molecule has 1 saturated heterocycles. The zero-order valence-electron chi connectivity index (χ0n) is 13.8. The van der Waals surface area contributed by atoms with Crippen LogP contribution >= 0.6 is 11.8 Å². The van der Waals surface area contributed by atoms with Crippen LogP contribution in [0.2, 0.25) is 0 Å². The number of para-hydroxylation sites is 1. The van der Waals surface area contributed by atoms with Crippen molar-refractivity contribution in [1.82, 2.24) is 4.90 Å². The molecule has 128 valence electrons. The van der Waals surface area contributed by atoms with E-state index < -0.39 is 5.25 Å². The number of anilines is 1. The Morgan fingerprint density at radius 2 is 1.76 bits per heavy atom. The van der Waals surface area contributed by atoms with E-state index in [2.05, 4.69) is 5.32 Å². The third kappa shape index (κ3) is 4.09. The number of imide groups is 1. The predicted octanol–water partition coefficient (Wildman–Crippen LogP) is 3.59. The summed E-state index contributed by atoms with van der Waals surface area (Å²) >= 11 is 0.921. The fourth-order valence-corrected chi connectivity index (χ4v) is 3.61. The molecule has 2 aromatic rings. The Kier molecular flexibility index (Phi) is 5.19. The van der Waals surface area contributed by atoms with Gasteiger partial charge in [0.1, 0.15) is 5.25 Å². The number of hydrogen-bond acceptors (Lipinski definition) is 4. The highest BCUT2D eigenvalue weighted by atomic mass is 32.2. The zero-order chi connectivity index (χ0) is 17.8. The van der Waals surface area contributed by atoms with Gasteiger partial charge in [0.25, 0.3) is 5.24 Å². The van der Waals surface area contributed by atoms with Gasteiger partial charge in [0.05, 0.1) is 6.54 Å². The number of nitrogens with zero attached hydrogens (tertiary/aromatic N) is 1. The minimum atomic E-state index is -0.666. The van der Waals surface area contributed by atoms with Crippen molar-refractivity contribution in [2.45, 2.75) is 25.1 Å². The molecule has 1 atom stereocenters. The van der Waals surface area contributed by atoms with Gasteiger partial charge in [0.2, 0.25) is 11.8 Å². The number of amides is 3. The quantitative estimate of drug-likeness (QED) is 0.891. The zero-order valence-corrected chi connectivity index (χ0v) is 14.6. The molecule has 2 aromatic carbocycles. The van der Waals surface area contributed by atoms with Gasteiger partial charge in [0, 0.05) is 12.1 Å². The summed E-state index contributed by atoms with van der Waals surface area (Å²) < 4.78 is 0. The van der Waals surface area contributed by atoms with E-state index in [-0.39, 0.29) is 30.0 Å². The average Bonchev–Trinajstić information content (AvgIpc) is 2.85. The number of nitrogens with one attached hydrogen (secondary N) is 1. The van der Waals surface area contributed by atoms with Crippen LogP contribution in [0.25, 0.3) is 0 Å². The van der Waals surface area contributed by atoms with Gasteiger partial charge in [-0.3, -0.25) is 19.3 Å². The summed E-state index contributed by atoms with van der Waals surface area (Å²) in [5.41, 5.74) is 2.55. The number of carbonyl (C=O) groups is 3. The monoisotopic (exact) mass is 354 g/mol. The predicted molar refractivity (Wildman–Crippen MR) is 98.2 cm³/mol. The van der Waals surface area contributed by atoms with E-state index in [1.165, 1.54) is 4.90 Å². The summed E-state index contributed by atoms with van der Waals surface area (Å²) in [6, 6.07) is 16.8. The highest BCUT2D eigenvalue weighted by Gasteiger charge is 2.40. The standard InChI is InChI=1S/C19H18N2O3S/c1-13-7-5-6-10-15(13)20-17(22)11-16-18(23)21(19(24)25-16)12-14-8-3-2-4-9-14/h2-10,16H,11-12H2,1H3,(H,20,22)/t16-/m0/s1. The van der Waals surface area contributed by atoms with Gasteiger partial charge in [-0.05, 0) is 24.1 Å². The third-order valence-electron chi connectivity index (χ3n) is 3.98. The van der Waals surface area contributed by atoms with E-state index in [1.807, 2.05) is 61.5 Å². The topological polar surface area (TPSA) is 66.5 Å². The van der Waals surface area contributed by atoms with Crippen LogP contribution in [0.5, 0.6) is 0 Å². The second kappa shape index (κ2) is 7.53. The van der Waals surface area contributed by atoms with Gasteiger partial charge in [-0.15, -0.1) is 0 Å². The maximum Gasteiger partial charge on any atom is 0.289 e. The lowest BCUT2D eigenvalue weighted by Crippen LogP contribution is -2.32. The molecule has 0 saturated carbocycles. The molecule has 6 heteroatoms. The van der Waals surface area contributed by atoms with Gasteiger partial charge >= 0.3 is 0 Å². The molecule has 3 rings (SSSR count). The Morgan fingerprint density at radius 1 is 1.08 bits per heavy atom. The average molecular weight is 354 g/mol. The molecule has 0 aromatic heterocycles. The molecule has 1 fully saturated rings. The molecule has 0 aliphatic carbocycles. The molecule has 0 spiro atoms. The van der Waals surface area contributed by atoms with Crippen molar-refractivity contribution in [3.8, 4) is 0 Å². The van der Waals surface area contributed by atoms with E-state index in [0.29, 0.717) is 0 Å². The summed E-state index contributed by atoms with van der Waals surface area (Å²) in [6.07, 6.45) is -0.0190. The first-order chi connectivity index (χ1) is 12.0. The van der Waals surface area contributed by atoms with Gasteiger partial charge in [0.15, 0.2) is 0 Å². The molecule has 0 unspecified atom stereocenters. The van der Waals surface area contributed by atoms with Gasteiger partial charge in [-0.1, -0.05) is 60.3 Å². The summed E-state index contributed by atoms with van der Waals surface area (Å²) in [5, 5.41) is 1.83. The summed E-state index contributed by atoms with van der Waals surface area (Å²) in [5.74, 6) is -0.576. The van der Waals surface area contributed by atoms with E-state index in [0.717, 1.165) is 28.6 Å². The smallest absolute Gasteiger partial charge is 0.289 e. The third-order valence-corrected chi connectivity index (χ3v) is 5.05. The SMILES string of the molecule is Cc1ccccc1NC(=O)C[C@@H]1SC(=O)N(Cc2ccccc2)C1=O. The Hall–Kier alpha value is -2.60. The molecule has 0 radical (unpaired) electrons. The number of thioether (sulfide) groups is 1. The molecule has 25 heavy (non-hydrogen) atoms. The van der Waals surface area contributed by atoms with E-state index in [1.54, 1.807) is 0 Å². The van der Waals surface area contributed by atoms with E-state index >= 15 is 0 Å². The maximum absolute atomic E-state index is 12.5. The van der Waals surface area contributed by atoms with Crippen LogP contribution in [-0.2, 0) is 16.1 Å².